The summed E-state index contributed by atoms with van der Waals surface area (Å²) in [6, 6.07) is 39.3. The van der Waals surface area contributed by atoms with Gasteiger partial charge in [0, 0.05) is 74.5 Å². The van der Waals surface area contributed by atoms with Crippen molar-refractivity contribution in [2.75, 3.05) is 146 Å². The molecule has 100 heavy (non-hydrogen) atoms. The molecular weight excluding hydrogens is 1240 g/mol. The molecule has 4 aromatic carbocycles. The number of benzene rings is 4. The van der Waals surface area contributed by atoms with Crippen LogP contribution in [0.4, 0.5) is 0 Å². The van der Waals surface area contributed by atoms with E-state index in [4.69, 9.17) is 26.5 Å². The fraction of sp³-hybridized carbons (Fsp3) is 0.624. The summed E-state index contributed by atoms with van der Waals surface area (Å²) in [6.07, 6.45) is 27.4. The fourth-order valence-corrected chi connectivity index (χ4v) is 14.4. The predicted molar refractivity (Wildman–Crippen MR) is 425 cm³/mol. The number of nitrogens with one attached hydrogen (secondary N) is 3. The first kappa shape index (κ1) is 84.8. The summed E-state index contributed by atoms with van der Waals surface area (Å²) in [7, 11) is 4.69. The van der Waals surface area contributed by atoms with Crippen molar-refractivity contribution < 1.29 is 19.0 Å². The number of nitrogens with two attached hydrogens (primary N) is 1. The Morgan fingerprint density at radius 3 is 1.23 bits per heavy atom. The zero-order chi connectivity index (χ0) is 72.1. The summed E-state index contributed by atoms with van der Waals surface area (Å²) in [5.41, 5.74) is 13.6. The lowest BCUT2D eigenvalue weighted by Gasteiger charge is -2.26. The van der Waals surface area contributed by atoms with Crippen molar-refractivity contribution in [2.45, 2.75) is 201 Å². The molecule has 1 amide bonds. The minimum absolute atomic E-state index is 0.0467. The van der Waals surface area contributed by atoms with Crippen molar-refractivity contribution >= 4 is 24.1 Å². The van der Waals surface area contributed by atoms with Crippen LogP contribution < -0.4 is 35.9 Å². The van der Waals surface area contributed by atoms with Crippen LogP contribution in [0.3, 0.4) is 0 Å². The van der Waals surface area contributed by atoms with Gasteiger partial charge in [-0.15, -0.1) is 0 Å². The largest absolute Gasteiger partial charge is 0.493 e. The van der Waals surface area contributed by atoms with Crippen LogP contribution in [0.2, 0.25) is 0 Å². The number of methoxy groups -OCH3 is 3. The van der Waals surface area contributed by atoms with Gasteiger partial charge in [0.1, 0.15) is 0 Å². The number of carbonyl (C=O) groups excluding carboxylic acids is 1. The fourth-order valence-electron chi connectivity index (χ4n) is 14.4. The highest BCUT2D eigenvalue weighted by atomic mass is 16.5. The van der Waals surface area contributed by atoms with E-state index < -0.39 is 0 Å². The number of rotatable bonds is 30. The van der Waals surface area contributed by atoms with Crippen LogP contribution in [0.25, 0.3) is 23.1 Å². The van der Waals surface area contributed by atoms with Gasteiger partial charge in [-0.05, 0) is 272 Å². The first-order chi connectivity index (χ1) is 48.5. The monoisotopic (exact) mass is 1380 g/mol. The molecule has 10 rings (SSSR count). The third-order valence-corrected chi connectivity index (χ3v) is 20.5. The van der Waals surface area contributed by atoms with Crippen molar-refractivity contribution in [3.8, 4) is 17.2 Å². The van der Waals surface area contributed by atoms with Crippen LogP contribution in [0, 0.1) is 6.57 Å². The van der Waals surface area contributed by atoms with Crippen molar-refractivity contribution in [2.24, 2.45) is 5.73 Å². The predicted octanol–water partition coefficient (Wildman–Crippen LogP) is 15.2. The Bertz CT molecular complexity index is 2830. The van der Waals surface area contributed by atoms with E-state index in [1.54, 1.807) is 33.5 Å². The van der Waals surface area contributed by atoms with Gasteiger partial charge < -0.3 is 65.2 Å². The summed E-state index contributed by atoms with van der Waals surface area (Å²) in [5.74, 6) is 1.39. The van der Waals surface area contributed by atoms with Gasteiger partial charge in [0.2, 0.25) is 12.3 Å². The Morgan fingerprint density at radius 1 is 0.530 bits per heavy atom. The standard InChI is InChI=1S/C28H38N2O4.2C18H28N2.C8H14N2.C8H18N2.C5H11N/c1-21(17-23-12-7-6-8-13-23)20-30(16-10-15-29-14-9-11-22(29)2)28(31)24-18-25(32-3)27(34-5)26(19-24)33-4;2*1-16(14-18-9-4-3-5-10-18)15-19-11-7-13-20-12-6-8-17(20)2;1-8-4-3-6-10(8)7-5-9-2;1-8-4-2-6-10(8)7-3-5-9;1-5-3-2-4-6-5/h6-8,12-13,17-19,22H,9-11,14-16,20H2,1-5H3;2*3-5,9-10,14,17,19H,6-8,11-13,15H2,1-2H3;8H,3-7H2,1H3;8H,2-7,9H2,1H3;5-6H,2-4H2,1H3/b21-17+;2*16-14+;;;. The molecule has 4 aromatic rings. The molecule has 0 aliphatic carbocycles. The van der Waals surface area contributed by atoms with Crippen LogP contribution in [-0.2, 0) is 0 Å². The topological polar surface area (TPSA) is 131 Å². The summed E-state index contributed by atoms with van der Waals surface area (Å²) >= 11 is 0. The van der Waals surface area contributed by atoms with E-state index in [2.05, 4.69) is 199 Å². The number of carbonyl (C=O) groups is 1. The highest BCUT2D eigenvalue weighted by Crippen LogP contribution is 2.39. The van der Waals surface area contributed by atoms with Gasteiger partial charge in [-0.1, -0.05) is 126 Å². The maximum Gasteiger partial charge on any atom is 0.254 e. The van der Waals surface area contributed by atoms with Crippen molar-refractivity contribution in [1.29, 1.82) is 0 Å². The zero-order valence-electron chi connectivity index (χ0n) is 64.6. The number of likely N-dealkylation sites (tertiary alicyclic amines) is 5. The molecule has 6 unspecified atom stereocenters. The molecule has 6 atom stereocenters. The number of ether oxygens (including phenoxy) is 3. The van der Waals surface area contributed by atoms with Crippen molar-refractivity contribution in [3.63, 3.8) is 0 Å². The Kier molecular flexibility index (Phi) is 42.8. The number of hydrogen-bond donors (Lipinski definition) is 4. The Labute approximate surface area is 608 Å². The van der Waals surface area contributed by atoms with E-state index >= 15 is 0 Å². The van der Waals surface area contributed by atoms with E-state index in [0.717, 1.165) is 107 Å². The van der Waals surface area contributed by atoms with Crippen molar-refractivity contribution in [3.05, 3.63) is 154 Å². The lowest BCUT2D eigenvalue weighted by Crippen LogP contribution is -2.36. The molecule has 0 saturated carbocycles. The molecule has 15 nitrogen and oxygen atoms in total. The second-order valence-electron chi connectivity index (χ2n) is 28.9. The SMILES string of the molecule is C/C(=C\c1ccccc1)CNCCCN1CCCC1C.C/C(=C\c1ccccc1)CNCCCN1CCCC1C.CC1CCCN1.CC1CCCN1CCCN.COc1cc(C(=O)N(CCCN2CCCC2C)C/C(C)=C/c2ccccc2)cc(OC)c1OC.[C-]#[N+]CCN1CCCC1C. The second kappa shape index (κ2) is 50.5. The molecule has 0 spiro atoms. The molecular formula is C85H137N11O4. The average Bonchev–Trinajstić information content (AvgIpc) is 1.83. The van der Waals surface area contributed by atoms with E-state index in [-0.39, 0.29) is 5.91 Å². The van der Waals surface area contributed by atoms with Gasteiger partial charge in [-0.3, -0.25) is 9.69 Å². The molecule has 0 bridgehead atoms. The van der Waals surface area contributed by atoms with E-state index in [1.807, 2.05) is 23.1 Å². The molecule has 6 saturated heterocycles. The number of amides is 1. The smallest absolute Gasteiger partial charge is 0.254 e. The molecule has 6 fully saturated rings. The maximum absolute atomic E-state index is 13.7. The minimum Gasteiger partial charge on any atom is -0.493 e. The average molecular weight is 1380 g/mol. The highest BCUT2D eigenvalue weighted by Gasteiger charge is 2.26. The maximum atomic E-state index is 13.7. The lowest BCUT2D eigenvalue weighted by molar-refractivity contribution is 0.0761. The van der Waals surface area contributed by atoms with Gasteiger partial charge in [0.25, 0.3) is 5.91 Å². The molecule has 556 valence electrons. The van der Waals surface area contributed by atoms with Gasteiger partial charge in [0.05, 0.1) is 27.9 Å². The summed E-state index contributed by atoms with van der Waals surface area (Å²) < 4.78 is 16.4. The third kappa shape index (κ3) is 33.5. The second-order valence-corrected chi connectivity index (χ2v) is 28.9. The Balaban J connectivity index is 0.000000235. The Morgan fingerprint density at radius 2 is 0.910 bits per heavy atom. The Hall–Kier alpha value is -5.90. The quantitative estimate of drug-likeness (QED) is 0.0292. The summed E-state index contributed by atoms with van der Waals surface area (Å²) in [4.78, 5) is 31.7. The van der Waals surface area contributed by atoms with Crippen LogP contribution >= 0.6 is 0 Å². The van der Waals surface area contributed by atoms with Gasteiger partial charge in [-0.25, -0.2) is 6.57 Å². The summed E-state index contributed by atoms with van der Waals surface area (Å²) in [5, 5.41) is 10.4. The van der Waals surface area contributed by atoms with E-state index in [9.17, 15) is 4.79 Å². The van der Waals surface area contributed by atoms with Crippen LogP contribution in [-0.4, -0.2) is 217 Å². The number of hydrogen-bond acceptors (Lipinski definition) is 13. The summed E-state index contributed by atoms with van der Waals surface area (Å²) in [6.45, 7) is 47.0. The third-order valence-electron chi connectivity index (χ3n) is 20.5. The highest BCUT2D eigenvalue weighted by molar-refractivity contribution is 5.96. The van der Waals surface area contributed by atoms with Gasteiger partial charge in [-0.2, -0.15) is 0 Å². The van der Waals surface area contributed by atoms with Crippen molar-refractivity contribution in [1.82, 2.24) is 45.3 Å². The van der Waals surface area contributed by atoms with Crippen LogP contribution in [0.15, 0.2) is 120 Å². The molecule has 6 heterocycles. The van der Waals surface area contributed by atoms with Gasteiger partial charge in [0.15, 0.2) is 11.5 Å². The normalized spacial score (nSPS) is 21.3. The molecule has 15 heteroatoms. The van der Waals surface area contributed by atoms with E-state index in [0.29, 0.717) is 48.5 Å². The zero-order valence-corrected chi connectivity index (χ0v) is 64.6. The molecule has 6 aliphatic heterocycles. The van der Waals surface area contributed by atoms with Gasteiger partial charge >= 0.3 is 0 Å². The minimum atomic E-state index is -0.0467. The lowest BCUT2D eigenvalue weighted by atomic mass is 10.1. The van der Waals surface area contributed by atoms with E-state index in [1.165, 1.54) is 165 Å². The first-order valence-corrected chi connectivity index (χ1v) is 38.7. The van der Waals surface area contributed by atoms with Crippen LogP contribution in [0.1, 0.15) is 192 Å². The molecule has 0 aromatic heterocycles. The molecule has 5 N–H and O–H groups in total. The first-order valence-electron chi connectivity index (χ1n) is 38.7. The molecule has 0 radical (unpaired) electrons. The molecule has 6 aliphatic rings. The number of nitrogens with zero attached hydrogens (tertiary/aromatic N) is 7. The van der Waals surface area contributed by atoms with Crippen LogP contribution in [0.5, 0.6) is 17.2 Å².